The fraction of sp³-hybridized carbons (Fsp3) is 0.462. The number of rotatable bonds is 1. The number of piperidine rings is 1. The minimum absolute atomic E-state index is 0.698. The molecular formula is C13H16N2. The zero-order chi connectivity index (χ0) is 10.1. The van der Waals surface area contributed by atoms with E-state index >= 15 is 0 Å². The van der Waals surface area contributed by atoms with Gasteiger partial charge >= 0.3 is 0 Å². The summed E-state index contributed by atoms with van der Waals surface area (Å²) in [5.41, 5.74) is 2.78. The summed E-state index contributed by atoms with van der Waals surface area (Å²) in [5.74, 6) is 0.792. The molecule has 2 heterocycles. The van der Waals surface area contributed by atoms with Crippen molar-refractivity contribution in [3.05, 3.63) is 36.2 Å². The van der Waals surface area contributed by atoms with Crippen LogP contribution < -0.4 is 5.32 Å². The molecule has 1 saturated heterocycles. The molecule has 2 nitrogen and oxygen atoms in total. The molecule has 0 saturated carbocycles. The van der Waals surface area contributed by atoms with Crippen molar-refractivity contribution >= 4 is 5.57 Å². The number of pyridine rings is 1. The molecule has 78 valence electrons. The Morgan fingerprint density at radius 3 is 3.20 bits per heavy atom. The van der Waals surface area contributed by atoms with Crippen LogP contribution in [0.25, 0.3) is 5.57 Å². The monoisotopic (exact) mass is 200 g/mol. The third kappa shape index (κ3) is 1.82. The van der Waals surface area contributed by atoms with Crippen LogP contribution in [-0.4, -0.2) is 17.6 Å². The lowest BCUT2D eigenvalue weighted by atomic mass is 9.80. The number of nitrogens with zero attached hydrogens (tertiary/aromatic N) is 1. The molecule has 15 heavy (non-hydrogen) atoms. The summed E-state index contributed by atoms with van der Waals surface area (Å²) in [6.45, 7) is 1.19. The fourth-order valence-corrected chi connectivity index (χ4v) is 2.73. The van der Waals surface area contributed by atoms with Crippen LogP contribution in [0.3, 0.4) is 0 Å². The molecule has 2 atom stereocenters. The Labute approximate surface area is 90.4 Å². The highest BCUT2D eigenvalue weighted by molar-refractivity contribution is 5.66. The van der Waals surface area contributed by atoms with E-state index in [2.05, 4.69) is 22.4 Å². The Kier molecular flexibility index (Phi) is 2.29. The van der Waals surface area contributed by atoms with Gasteiger partial charge in [-0.05, 0) is 48.9 Å². The average Bonchev–Trinajstić information content (AvgIpc) is 2.30. The van der Waals surface area contributed by atoms with Gasteiger partial charge < -0.3 is 5.32 Å². The van der Waals surface area contributed by atoms with E-state index in [-0.39, 0.29) is 0 Å². The van der Waals surface area contributed by atoms with Crippen LogP contribution in [-0.2, 0) is 0 Å². The number of aromatic nitrogens is 1. The molecular weight excluding hydrogens is 184 g/mol. The molecule has 0 amide bonds. The Bertz CT molecular complexity index is 369. The summed E-state index contributed by atoms with van der Waals surface area (Å²) >= 11 is 0. The quantitative estimate of drug-likeness (QED) is 0.752. The van der Waals surface area contributed by atoms with Gasteiger partial charge in [0.25, 0.3) is 0 Å². The van der Waals surface area contributed by atoms with E-state index in [9.17, 15) is 0 Å². The second kappa shape index (κ2) is 3.78. The molecule has 1 aliphatic heterocycles. The molecule has 0 spiro atoms. The lowest BCUT2D eigenvalue weighted by molar-refractivity contribution is 0.335. The lowest BCUT2D eigenvalue weighted by Crippen LogP contribution is -2.39. The molecule has 3 rings (SSSR count). The molecule has 2 aliphatic rings. The van der Waals surface area contributed by atoms with Gasteiger partial charge in [-0.25, -0.2) is 0 Å². The first-order chi connectivity index (χ1) is 7.42. The van der Waals surface area contributed by atoms with Crippen LogP contribution in [0.1, 0.15) is 24.8 Å². The van der Waals surface area contributed by atoms with Crippen LogP contribution in [0, 0.1) is 5.92 Å². The van der Waals surface area contributed by atoms with Gasteiger partial charge in [0.05, 0.1) is 0 Å². The van der Waals surface area contributed by atoms with Crippen molar-refractivity contribution in [1.82, 2.24) is 10.3 Å². The zero-order valence-corrected chi connectivity index (χ0v) is 8.82. The van der Waals surface area contributed by atoms with Crippen molar-refractivity contribution in [2.24, 2.45) is 5.92 Å². The molecule has 1 aromatic rings. The molecule has 2 heteroatoms. The van der Waals surface area contributed by atoms with Crippen LogP contribution in [0.2, 0.25) is 0 Å². The molecule has 2 bridgehead atoms. The van der Waals surface area contributed by atoms with Crippen molar-refractivity contribution in [3.8, 4) is 0 Å². The maximum atomic E-state index is 4.19. The summed E-state index contributed by atoms with van der Waals surface area (Å²) in [6, 6.07) is 4.89. The third-order valence-corrected chi connectivity index (χ3v) is 3.47. The van der Waals surface area contributed by atoms with Gasteiger partial charge in [-0.1, -0.05) is 12.1 Å². The topological polar surface area (TPSA) is 24.9 Å². The van der Waals surface area contributed by atoms with Crippen molar-refractivity contribution in [2.45, 2.75) is 25.3 Å². The number of allylic oxidation sites excluding steroid dienone is 1. The molecule has 1 aliphatic carbocycles. The highest BCUT2D eigenvalue weighted by Gasteiger charge is 2.26. The van der Waals surface area contributed by atoms with Gasteiger partial charge in [0.2, 0.25) is 0 Å². The van der Waals surface area contributed by atoms with Gasteiger partial charge in [-0.15, -0.1) is 0 Å². The van der Waals surface area contributed by atoms with Gasteiger partial charge in [0.15, 0.2) is 0 Å². The van der Waals surface area contributed by atoms with Crippen LogP contribution in [0.5, 0.6) is 0 Å². The SMILES string of the molecule is C1=C(c2cccnc2)CC2CC1CCN2. The summed E-state index contributed by atoms with van der Waals surface area (Å²) < 4.78 is 0. The van der Waals surface area contributed by atoms with Gasteiger partial charge in [0.1, 0.15) is 0 Å². The van der Waals surface area contributed by atoms with E-state index in [0.717, 1.165) is 5.92 Å². The molecule has 1 N–H and O–H groups in total. The smallest absolute Gasteiger partial charge is 0.0342 e. The summed E-state index contributed by atoms with van der Waals surface area (Å²) in [6.07, 6.45) is 10.1. The standard InChI is InChI=1S/C13H16N2/c1-2-11(9-14-4-1)12-6-10-3-5-15-13(7-10)8-12/h1-2,4,6,9-10,13,15H,3,5,7-8H2. The lowest BCUT2D eigenvalue weighted by Gasteiger charge is -2.34. The second-order valence-electron chi connectivity index (χ2n) is 4.57. The Balaban J connectivity index is 1.91. The van der Waals surface area contributed by atoms with Gasteiger partial charge in [-0.3, -0.25) is 4.98 Å². The van der Waals surface area contributed by atoms with Crippen molar-refractivity contribution in [1.29, 1.82) is 0 Å². The molecule has 0 aromatic carbocycles. The number of hydrogen-bond acceptors (Lipinski definition) is 2. The third-order valence-electron chi connectivity index (χ3n) is 3.47. The Morgan fingerprint density at radius 1 is 1.40 bits per heavy atom. The van der Waals surface area contributed by atoms with Gasteiger partial charge in [0, 0.05) is 18.4 Å². The maximum absolute atomic E-state index is 4.19. The summed E-state index contributed by atoms with van der Waals surface area (Å²) in [4.78, 5) is 4.19. The minimum atomic E-state index is 0.698. The van der Waals surface area contributed by atoms with E-state index in [1.807, 2.05) is 18.5 Å². The van der Waals surface area contributed by atoms with E-state index in [1.54, 1.807) is 0 Å². The van der Waals surface area contributed by atoms with Crippen LogP contribution >= 0.6 is 0 Å². The number of fused-ring (bicyclic) bond motifs is 2. The van der Waals surface area contributed by atoms with Crippen molar-refractivity contribution in [3.63, 3.8) is 0 Å². The fourth-order valence-electron chi connectivity index (χ4n) is 2.73. The summed E-state index contributed by atoms with van der Waals surface area (Å²) in [5, 5.41) is 3.59. The molecule has 1 aromatic heterocycles. The van der Waals surface area contributed by atoms with Crippen molar-refractivity contribution in [2.75, 3.05) is 6.54 Å². The first kappa shape index (κ1) is 9.10. The predicted octanol–water partition coefficient (Wildman–Crippen LogP) is 2.24. The molecule has 2 unspecified atom stereocenters. The van der Waals surface area contributed by atoms with E-state index < -0.39 is 0 Å². The minimum Gasteiger partial charge on any atom is -0.314 e. The number of nitrogens with one attached hydrogen (secondary N) is 1. The Hall–Kier alpha value is -1.15. The normalized spacial score (nSPS) is 29.7. The van der Waals surface area contributed by atoms with Crippen LogP contribution in [0.15, 0.2) is 30.6 Å². The zero-order valence-electron chi connectivity index (χ0n) is 8.82. The van der Waals surface area contributed by atoms with E-state index in [4.69, 9.17) is 0 Å². The largest absolute Gasteiger partial charge is 0.314 e. The first-order valence-electron chi connectivity index (χ1n) is 5.76. The van der Waals surface area contributed by atoms with Gasteiger partial charge in [-0.2, -0.15) is 0 Å². The highest BCUT2D eigenvalue weighted by atomic mass is 14.9. The van der Waals surface area contributed by atoms with E-state index in [0.29, 0.717) is 6.04 Å². The first-order valence-corrected chi connectivity index (χ1v) is 5.76. The molecule has 0 radical (unpaired) electrons. The molecule has 1 fully saturated rings. The second-order valence-corrected chi connectivity index (χ2v) is 4.57. The van der Waals surface area contributed by atoms with Crippen molar-refractivity contribution < 1.29 is 0 Å². The maximum Gasteiger partial charge on any atom is 0.0342 e. The van der Waals surface area contributed by atoms with Crippen LogP contribution in [0.4, 0.5) is 0 Å². The van der Waals surface area contributed by atoms with E-state index in [1.165, 1.54) is 36.9 Å². The Morgan fingerprint density at radius 2 is 2.40 bits per heavy atom. The predicted molar refractivity (Wildman–Crippen MR) is 61.3 cm³/mol. The summed E-state index contributed by atoms with van der Waals surface area (Å²) in [7, 11) is 0. The average molecular weight is 200 g/mol. The number of hydrogen-bond donors (Lipinski definition) is 1. The highest BCUT2D eigenvalue weighted by Crippen LogP contribution is 2.33.